The molecule has 0 bridgehead atoms. The van der Waals surface area contributed by atoms with Crippen LogP contribution in [0, 0.1) is 5.41 Å². The Morgan fingerprint density at radius 1 is 1.35 bits per heavy atom. The minimum Gasteiger partial charge on any atom is -0.475 e. The highest BCUT2D eigenvalue weighted by molar-refractivity contribution is 5.27. The van der Waals surface area contributed by atoms with Gasteiger partial charge >= 0.3 is 0 Å². The van der Waals surface area contributed by atoms with Gasteiger partial charge in [-0.3, -0.25) is 0 Å². The van der Waals surface area contributed by atoms with Crippen molar-refractivity contribution in [2.24, 2.45) is 5.41 Å². The van der Waals surface area contributed by atoms with Gasteiger partial charge in [-0.05, 0) is 25.7 Å². The second-order valence-corrected chi connectivity index (χ2v) is 5.62. The molecule has 0 radical (unpaired) electrons. The summed E-state index contributed by atoms with van der Waals surface area (Å²) >= 11 is 0. The Kier molecular flexibility index (Phi) is 4.73. The highest BCUT2D eigenvalue weighted by Crippen LogP contribution is 2.18. The van der Waals surface area contributed by atoms with Crippen LogP contribution in [-0.4, -0.2) is 22.6 Å². The topological polar surface area (TPSA) is 47.0 Å². The summed E-state index contributed by atoms with van der Waals surface area (Å²) in [5.74, 6) is 1.25. The summed E-state index contributed by atoms with van der Waals surface area (Å²) < 4.78 is 5.51. The molecule has 0 aromatic carbocycles. The zero-order valence-electron chi connectivity index (χ0n) is 11.4. The molecule has 0 amide bonds. The fourth-order valence-electron chi connectivity index (χ4n) is 1.28. The smallest absolute Gasteiger partial charge is 0.225 e. The van der Waals surface area contributed by atoms with Crippen LogP contribution in [0.3, 0.4) is 0 Å². The van der Waals surface area contributed by atoms with Crippen molar-refractivity contribution in [3.8, 4) is 5.88 Å². The summed E-state index contributed by atoms with van der Waals surface area (Å²) in [4.78, 5) is 8.45. The van der Waals surface area contributed by atoms with E-state index in [0.29, 0.717) is 17.2 Å². The van der Waals surface area contributed by atoms with Crippen molar-refractivity contribution >= 4 is 5.95 Å². The van der Waals surface area contributed by atoms with Gasteiger partial charge < -0.3 is 10.1 Å². The molecule has 4 heteroatoms. The van der Waals surface area contributed by atoms with E-state index in [1.54, 1.807) is 12.3 Å². The molecule has 0 atom stereocenters. The number of hydrogen-bond acceptors (Lipinski definition) is 4. The monoisotopic (exact) mass is 237 g/mol. The Labute approximate surface area is 104 Å². The molecule has 1 heterocycles. The third kappa shape index (κ3) is 6.09. The Balaban J connectivity index is 2.48. The molecule has 0 aliphatic carbocycles. The fourth-order valence-corrected chi connectivity index (χ4v) is 1.28. The van der Waals surface area contributed by atoms with E-state index in [1.165, 1.54) is 0 Å². The molecule has 0 saturated carbocycles. The standard InChI is InChI=1S/C13H23N3O/c1-10(2)17-11-6-8-14-12(16-11)15-9-7-13(3,4)5/h6,8,10H,7,9H2,1-5H3,(H,14,15,16). The summed E-state index contributed by atoms with van der Waals surface area (Å²) in [5.41, 5.74) is 0.318. The summed E-state index contributed by atoms with van der Waals surface area (Å²) in [6.07, 6.45) is 2.92. The number of anilines is 1. The van der Waals surface area contributed by atoms with Crippen LogP contribution in [-0.2, 0) is 0 Å². The minimum atomic E-state index is 0.132. The lowest BCUT2D eigenvalue weighted by Crippen LogP contribution is -2.14. The average molecular weight is 237 g/mol. The maximum absolute atomic E-state index is 5.51. The third-order valence-electron chi connectivity index (χ3n) is 2.14. The molecule has 0 aliphatic rings. The summed E-state index contributed by atoms with van der Waals surface area (Å²) in [6, 6.07) is 1.77. The van der Waals surface area contributed by atoms with Gasteiger partial charge in [0.2, 0.25) is 11.8 Å². The van der Waals surface area contributed by atoms with Crippen LogP contribution < -0.4 is 10.1 Å². The van der Waals surface area contributed by atoms with Gasteiger partial charge in [-0.25, -0.2) is 4.98 Å². The first kappa shape index (κ1) is 13.7. The average Bonchev–Trinajstić information content (AvgIpc) is 2.15. The van der Waals surface area contributed by atoms with Gasteiger partial charge in [-0.1, -0.05) is 20.8 Å². The second kappa shape index (κ2) is 5.84. The van der Waals surface area contributed by atoms with Crippen molar-refractivity contribution in [2.75, 3.05) is 11.9 Å². The Hall–Kier alpha value is -1.32. The predicted molar refractivity (Wildman–Crippen MR) is 70.4 cm³/mol. The van der Waals surface area contributed by atoms with E-state index in [2.05, 4.69) is 36.1 Å². The summed E-state index contributed by atoms with van der Waals surface area (Å²) in [5, 5.41) is 3.21. The minimum absolute atomic E-state index is 0.132. The second-order valence-electron chi connectivity index (χ2n) is 5.62. The number of hydrogen-bond donors (Lipinski definition) is 1. The summed E-state index contributed by atoms with van der Waals surface area (Å²) in [7, 11) is 0. The van der Waals surface area contributed by atoms with Gasteiger partial charge in [0.15, 0.2) is 0 Å². The molecule has 1 rings (SSSR count). The molecular weight excluding hydrogens is 214 g/mol. The lowest BCUT2D eigenvalue weighted by molar-refractivity contribution is 0.232. The highest BCUT2D eigenvalue weighted by atomic mass is 16.5. The number of nitrogens with one attached hydrogen (secondary N) is 1. The molecule has 1 aromatic rings. The number of rotatable bonds is 5. The molecule has 1 aromatic heterocycles. The van der Waals surface area contributed by atoms with E-state index >= 15 is 0 Å². The van der Waals surface area contributed by atoms with Crippen LogP contribution in [0.15, 0.2) is 12.3 Å². The van der Waals surface area contributed by atoms with Crippen LogP contribution in [0.25, 0.3) is 0 Å². The molecule has 96 valence electrons. The van der Waals surface area contributed by atoms with Gasteiger partial charge in [0.1, 0.15) is 0 Å². The first-order valence-corrected chi connectivity index (χ1v) is 6.10. The fraction of sp³-hybridized carbons (Fsp3) is 0.692. The van der Waals surface area contributed by atoms with Gasteiger partial charge in [0, 0.05) is 18.8 Å². The summed E-state index contributed by atoms with van der Waals surface area (Å²) in [6.45, 7) is 11.5. The molecule has 1 N–H and O–H groups in total. The zero-order chi connectivity index (χ0) is 12.9. The van der Waals surface area contributed by atoms with E-state index < -0.39 is 0 Å². The van der Waals surface area contributed by atoms with E-state index in [0.717, 1.165) is 13.0 Å². The van der Waals surface area contributed by atoms with Crippen molar-refractivity contribution in [1.82, 2.24) is 9.97 Å². The highest BCUT2D eigenvalue weighted by Gasteiger charge is 2.09. The number of nitrogens with zero attached hydrogens (tertiary/aromatic N) is 2. The lowest BCUT2D eigenvalue weighted by atomic mass is 9.92. The maximum Gasteiger partial charge on any atom is 0.225 e. The molecule has 0 aliphatic heterocycles. The molecule has 0 spiro atoms. The quantitative estimate of drug-likeness (QED) is 0.854. The largest absolute Gasteiger partial charge is 0.475 e. The van der Waals surface area contributed by atoms with Crippen LogP contribution in [0.1, 0.15) is 41.0 Å². The third-order valence-corrected chi connectivity index (χ3v) is 2.14. The predicted octanol–water partition coefficient (Wildman–Crippen LogP) is 3.11. The SMILES string of the molecule is CC(C)Oc1ccnc(NCCC(C)(C)C)n1. The van der Waals surface area contributed by atoms with Crippen LogP contribution in [0.5, 0.6) is 5.88 Å². The molecule has 4 nitrogen and oxygen atoms in total. The Bertz CT molecular complexity index is 345. The maximum atomic E-state index is 5.51. The van der Waals surface area contributed by atoms with Crippen LogP contribution in [0.4, 0.5) is 5.95 Å². The van der Waals surface area contributed by atoms with E-state index in [9.17, 15) is 0 Å². The Morgan fingerprint density at radius 3 is 2.65 bits per heavy atom. The number of aromatic nitrogens is 2. The first-order chi connectivity index (χ1) is 7.87. The van der Waals surface area contributed by atoms with Crippen molar-refractivity contribution < 1.29 is 4.74 Å². The van der Waals surface area contributed by atoms with Gasteiger partial charge in [0.25, 0.3) is 0 Å². The van der Waals surface area contributed by atoms with Crippen molar-refractivity contribution in [3.05, 3.63) is 12.3 Å². The molecule has 17 heavy (non-hydrogen) atoms. The van der Waals surface area contributed by atoms with E-state index in [1.807, 2.05) is 13.8 Å². The van der Waals surface area contributed by atoms with Crippen molar-refractivity contribution in [1.29, 1.82) is 0 Å². The first-order valence-electron chi connectivity index (χ1n) is 6.10. The van der Waals surface area contributed by atoms with E-state index in [4.69, 9.17) is 4.74 Å². The van der Waals surface area contributed by atoms with Crippen molar-refractivity contribution in [2.45, 2.75) is 47.1 Å². The van der Waals surface area contributed by atoms with E-state index in [-0.39, 0.29) is 6.10 Å². The zero-order valence-corrected chi connectivity index (χ0v) is 11.4. The van der Waals surface area contributed by atoms with Gasteiger partial charge in [-0.2, -0.15) is 4.98 Å². The van der Waals surface area contributed by atoms with Crippen LogP contribution in [0.2, 0.25) is 0 Å². The lowest BCUT2D eigenvalue weighted by Gasteiger charge is -2.18. The molecule has 0 saturated heterocycles. The van der Waals surface area contributed by atoms with Gasteiger partial charge in [-0.15, -0.1) is 0 Å². The molecule has 0 unspecified atom stereocenters. The normalized spacial score (nSPS) is 11.6. The molecular formula is C13H23N3O. The van der Waals surface area contributed by atoms with Crippen molar-refractivity contribution in [3.63, 3.8) is 0 Å². The van der Waals surface area contributed by atoms with Gasteiger partial charge in [0.05, 0.1) is 6.10 Å². The molecule has 0 fully saturated rings. The van der Waals surface area contributed by atoms with Crippen LogP contribution >= 0.6 is 0 Å². The number of ether oxygens (including phenoxy) is 1. The Morgan fingerprint density at radius 2 is 2.06 bits per heavy atom.